The fourth-order valence-corrected chi connectivity index (χ4v) is 1.79. The Balaban J connectivity index is 2.22. The molecule has 0 bridgehead atoms. The molecule has 2 rings (SSSR count). The van der Waals surface area contributed by atoms with E-state index in [1.54, 1.807) is 0 Å². The van der Waals surface area contributed by atoms with Crippen molar-refractivity contribution in [3.63, 3.8) is 0 Å². The molecule has 0 aliphatic carbocycles. The van der Waals surface area contributed by atoms with E-state index in [1.807, 2.05) is 54.1 Å². The Morgan fingerprint density at radius 3 is 2.47 bits per heavy atom. The van der Waals surface area contributed by atoms with Gasteiger partial charge < -0.3 is 0 Å². The van der Waals surface area contributed by atoms with Gasteiger partial charge in [0.2, 0.25) is 12.3 Å². The van der Waals surface area contributed by atoms with Crippen LogP contribution in [0, 0.1) is 13.8 Å². The number of aryl methyl sites for hydroxylation is 1. The Labute approximate surface area is 102 Å². The number of pyridine rings is 1. The Morgan fingerprint density at radius 1 is 1.06 bits per heavy atom. The fourth-order valence-electron chi connectivity index (χ4n) is 1.79. The highest BCUT2D eigenvalue weighted by atomic mass is 16.1. The van der Waals surface area contributed by atoms with Crippen LogP contribution in [0.1, 0.15) is 21.6 Å². The van der Waals surface area contributed by atoms with Gasteiger partial charge in [-0.05, 0) is 13.0 Å². The largest absolute Gasteiger partial charge is 0.287 e. The first-order valence-electron chi connectivity index (χ1n) is 5.72. The predicted molar refractivity (Wildman–Crippen MR) is 66.9 cm³/mol. The third-order valence-electron chi connectivity index (χ3n) is 3.02. The highest BCUT2D eigenvalue weighted by molar-refractivity contribution is 5.94. The van der Waals surface area contributed by atoms with Crippen molar-refractivity contribution >= 4 is 5.78 Å². The van der Waals surface area contributed by atoms with E-state index in [1.165, 1.54) is 5.56 Å². The molecule has 1 aromatic carbocycles. The Kier molecular flexibility index (Phi) is 3.33. The molecule has 17 heavy (non-hydrogen) atoms. The molecule has 0 unspecified atom stereocenters. The lowest BCUT2D eigenvalue weighted by atomic mass is 10.1. The summed E-state index contributed by atoms with van der Waals surface area (Å²) in [6.07, 6.45) is 1.95. The Hall–Kier alpha value is -1.96. The molecule has 0 aliphatic heterocycles. The van der Waals surface area contributed by atoms with Gasteiger partial charge in [-0.15, -0.1) is 0 Å². The van der Waals surface area contributed by atoms with Crippen LogP contribution in [0.25, 0.3) is 0 Å². The molecule has 86 valence electrons. The molecule has 0 radical (unpaired) electrons. The number of Topliss-reactive ketones (excluding diaryl/α,β-unsaturated/α-hetero) is 1. The zero-order chi connectivity index (χ0) is 12.3. The van der Waals surface area contributed by atoms with Crippen LogP contribution in [-0.4, -0.2) is 5.78 Å². The van der Waals surface area contributed by atoms with E-state index in [0.717, 1.165) is 11.3 Å². The molecule has 0 saturated carbocycles. The normalized spacial score (nSPS) is 10.2. The van der Waals surface area contributed by atoms with Gasteiger partial charge in [-0.25, -0.2) is 0 Å². The predicted octanol–water partition coefficient (Wildman–Crippen LogP) is 2.47. The van der Waals surface area contributed by atoms with Crippen molar-refractivity contribution in [1.29, 1.82) is 0 Å². The third-order valence-corrected chi connectivity index (χ3v) is 3.02. The van der Waals surface area contributed by atoms with Gasteiger partial charge in [0, 0.05) is 24.1 Å². The van der Waals surface area contributed by atoms with Gasteiger partial charge in [0.05, 0.1) is 0 Å². The molecule has 0 fully saturated rings. The average Bonchev–Trinajstić information content (AvgIpc) is 2.36. The molecular formula is C15H16NO+. The molecule has 1 aromatic heterocycles. The smallest absolute Gasteiger partial charge is 0.227 e. The van der Waals surface area contributed by atoms with E-state index in [9.17, 15) is 4.79 Å². The number of nitrogens with zero attached hydrogens (tertiary/aromatic N) is 1. The lowest BCUT2D eigenvalue weighted by Crippen LogP contribution is -2.41. The van der Waals surface area contributed by atoms with E-state index >= 15 is 0 Å². The molecule has 2 nitrogen and oxygen atoms in total. The lowest BCUT2D eigenvalue weighted by molar-refractivity contribution is -0.689. The minimum absolute atomic E-state index is 0.143. The van der Waals surface area contributed by atoms with Crippen molar-refractivity contribution in [1.82, 2.24) is 0 Å². The monoisotopic (exact) mass is 226 g/mol. The van der Waals surface area contributed by atoms with Gasteiger partial charge in [0.25, 0.3) is 0 Å². The summed E-state index contributed by atoms with van der Waals surface area (Å²) in [6, 6.07) is 13.4. The van der Waals surface area contributed by atoms with Crippen LogP contribution < -0.4 is 4.57 Å². The first kappa shape index (κ1) is 11.5. The first-order chi connectivity index (χ1) is 8.18. The number of rotatable bonds is 3. The number of hydrogen-bond donors (Lipinski definition) is 0. The van der Waals surface area contributed by atoms with Gasteiger partial charge in [-0.2, -0.15) is 4.57 Å². The van der Waals surface area contributed by atoms with Crippen molar-refractivity contribution in [2.24, 2.45) is 0 Å². The first-order valence-corrected chi connectivity index (χ1v) is 5.72. The van der Waals surface area contributed by atoms with Crippen LogP contribution in [0.4, 0.5) is 0 Å². The maximum atomic E-state index is 12.1. The van der Waals surface area contributed by atoms with Crippen LogP contribution in [-0.2, 0) is 6.54 Å². The van der Waals surface area contributed by atoms with Gasteiger partial charge in [0.1, 0.15) is 0 Å². The van der Waals surface area contributed by atoms with Crippen LogP contribution in [0.5, 0.6) is 0 Å². The summed E-state index contributed by atoms with van der Waals surface area (Å²) in [5, 5.41) is 0. The fraction of sp³-hybridized carbons (Fsp3) is 0.200. The summed E-state index contributed by atoms with van der Waals surface area (Å²) >= 11 is 0. The second-order valence-corrected chi connectivity index (χ2v) is 4.19. The molecule has 2 heteroatoms. The van der Waals surface area contributed by atoms with Crippen molar-refractivity contribution in [2.45, 2.75) is 20.4 Å². The molecule has 0 saturated heterocycles. The molecule has 0 spiro atoms. The SMILES string of the molecule is Cc1ccc[n+](CC(=O)c2ccccc2)c1C. The van der Waals surface area contributed by atoms with Crippen LogP contribution >= 0.6 is 0 Å². The zero-order valence-corrected chi connectivity index (χ0v) is 10.2. The standard InChI is InChI=1S/C15H16NO/c1-12-7-6-10-16(13(12)2)11-15(17)14-8-4-3-5-9-14/h3-10H,11H2,1-2H3/q+1. The number of ketones is 1. The van der Waals surface area contributed by atoms with Crippen LogP contribution in [0.2, 0.25) is 0 Å². The summed E-state index contributed by atoms with van der Waals surface area (Å²) in [5.74, 6) is 0.143. The minimum atomic E-state index is 0.143. The zero-order valence-electron chi connectivity index (χ0n) is 10.2. The van der Waals surface area contributed by atoms with Gasteiger partial charge in [-0.3, -0.25) is 4.79 Å². The number of aromatic nitrogens is 1. The quantitative estimate of drug-likeness (QED) is 0.582. The van der Waals surface area contributed by atoms with E-state index in [-0.39, 0.29) is 5.78 Å². The van der Waals surface area contributed by atoms with Crippen molar-refractivity contribution < 1.29 is 9.36 Å². The number of carbonyl (C=O) groups is 1. The second-order valence-electron chi connectivity index (χ2n) is 4.19. The number of hydrogen-bond acceptors (Lipinski definition) is 1. The van der Waals surface area contributed by atoms with E-state index < -0.39 is 0 Å². The second kappa shape index (κ2) is 4.91. The van der Waals surface area contributed by atoms with Crippen LogP contribution in [0.3, 0.4) is 0 Å². The minimum Gasteiger partial charge on any atom is -0.287 e. The third kappa shape index (κ3) is 2.59. The Bertz CT molecular complexity index is 532. The van der Waals surface area contributed by atoms with Crippen molar-refractivity contribution in [2.75, 3.05) is 0 Å². The maximum absolute atomic E-state index is 12.1. The number of carbonyl (C=O) groups excluding carboxylic acids is 1. The van der Waals surface area contributed by atoms with Gasteiger partial charge >= 0.3 is 0 Å². The molecule has 0 N–H and O–H groups in total. The summed E-state index contributed by atoms with van der Waals surface area (Å²) in [5.41, 5.74) is 3.10. The van der Waals surface area contributed by atoms with E-state index in [0.29, 0.717) is 6.54 Å². The van der Waals surface area contributed by atoms with Crippen LogP contribution in [0.15, 0.2) is 48.7 Å². The molecular weight excluding hydrogens is 210 g/mol. The van der Waals surface area contributed by atoms with Gasteiger partial charge in [-0.1, -0.05) is 30.3 Å². The molecule has 0 aliphatic rings. The topological polar surface area (TPSA) is 20.9 Å². The molecule has 1 heterocycles. The summed E-state index contributed by atoms with van der Waals surface area (Å²) in [4.78, 5) is 12.1. The summed E-state index contributed by atoms with van der Waals surface area (Å²) < 4.78 is 1.99. The lowest BCUT2D eigenvalue weighted by Gasteiger charge is -2.02. The molecule has 2 aromatic rings. The maximum Gasteiger partial charge on any atom is 0.227 e. The highest BCUT2D eigenvalue weighted by Crippen LogP contribution is 2.02. The summed E-state index contributed by atoms with van der Waals surface area (Å²) in [7, 11) is 0. The highest BCUT2D eigenvalue weighted by Gasteiger charge is 2.14. The molecule has 0 atom stereocenters. The number of benzene rings is 1. The summed E-state index contributed by atoms with van der Waals surface area (Å²) in [6.45, 7) is 4.49. The van der Waals surface area contributed by atoms with Crippen molar-refractivity contribution in [3.05, 3.63) is 65.5 Å². The Morgan fingerprint density at radius 2 is 1.76 bits per heavy atom. The van der Waals surface area contributed by atoms with E-state index in [4.69, 9.17) is 0 Å². The van der Waals surface area contributed by atoms with E-state index in [2.05, 4.69) is 13.0 Å². The van der Waals surface area contributed by atoms with Crippen molar-refractivity contribution in [3.8, 4) is 0 Å². The average molecular weight is 226 g/mol. The van der Waals surface area contributed by atoms with Gasteiger partial charge in [0.15, 0.2) is 11.9 Å². The molecule has 0 amide bonds.